The number of rotatable bonds is 5. The molecule has 1 aromatic carbocycles. The Morgan fingerprint density at radius 1 is 1.50 bits per heavy atom. The molecule has 0 radical (unpaired) electrons. The van der Waals surface area contributed by atoms with Gasteiger partial charge in [-0.25, -0.2) is 0 Å². The van der Waals surface area contributed by atoms with Crippen molar-refractivity contribution in [2.24, 2.45) is 7.05 Å². The van der Waals surface area contributed by atoms with Gasteiger partial charge in [-0.1, -0.05) is 0 Å². The molecule has 0 atom stereocenters. The van der Waals surface area contributed by atoms with E-state index in [1.165, 1.54) is 19.2 Å². The van der Waals surface area contributed by atoms with Crippen molar-refractivity contribution >= 4 is 28.7 Å². The molecule has 0 aliphatic heterocycles. The number of nitrogens with one attached hydrogen (secondary N) is 2. The molecule has 2 aromatic rings. The summed E-state index contributed by atoms with van der Waals surface area (Å²) in [5.41, 5.74) is 1.35. The first-order chi connectivity index (χ1) is 10.5. The Hall–Kier alpha value is -2.68. The van der Waals surface area contributed by atoms with Crippen LogP contribution in [0.15, 0.2) is 30.5 Å². The van der Waals surface area contributed by atoms with E-state index in [1.807, 2.05) is 19.3 Å². The van der Waals surface area contributed by atoms with Gasteiger partial charge in [0, 0.05) is 19.3 Å². The molecule has 2 rings (SSSR count). The summed E-state index contributed by atoms with van der Waals surface area (Å²) in [7, 11) is 3.27. The maximum absolute atomic E-state index is 10.7. The minimum atomic E-state index is -0.482. The molecule has 1 aromatic heterocycles. The fourth-order valence-electron chi connectivity index (χ4n) is 1.79. The van der Waals surface area contributed by atoms with Gasteiger partial charge in [0.15, 0.2) is 5.11 Å². The van der Waals surface area contributed by atoms with Crippen LogP contribution in [0.2, 0.25) is 0 Å². The molecule has 0 saturated carbocycles. The first-order valence-electron chi connectivity index (χ1n) is 6.35. The quantitative estimate of drug-likeness (QED) is 0.493. The fraction of sp³-hybridized carbons (Fsp3) is 0.231. The van der Waals surface area contributed by atoms with Crippen molar-refractivity contribution < 1.29 is 9.66 Å². The zero-order chi connectivity index (χ0) is 16.1. The van der Waals surface area contributed by atoms with E-state index in [9.17, 15) is 10.1 Å². The molecule has 0 unspecified atom stereocenters. The monoisotopic (exact) mass is 321 g/mol. The molecule has 22 heavy (non-hydrogen) atoms. The van der Waals surface area contributed by atoms with E-state index in [0.29, 0.717) is 23.1 Å². The summed E-state index contributed by atoms with van der Waals surface area (Å²) in [6.45, 7) is 0.474. The van der Waals surface area contributed by atoms with Crippen molar-refractivity contribution in [3.05, 3.63) is 46.3 Å². The van der Waals surface area contributed by atoms with Crippen LogP contribution in [0.1, 0.15) is 5.69 Å². The summed E-state index contributed by atoms with van der Waals surface area (Å²) < 4.78 is 6.83. The maximum atomic E-state index is 10.7. The lowest BCUT2D eigenvalue weighted by Gasteiger charge is -2.12. The fourth-order valence-corrected chi connectivity index (χ4v) is 1.97. The molecule has 0 amide bonds. The highest BCUT2D eigenvalue weighted by molar-refractivity contribution is 7.80. The number of ether oxygens (including phenoxy) is 1. The van der Waals surface area contributed by atoms with Crippen LogP contribution < -0.4 is 15.4 Å². The van der Waals surface area contributed by atoms with E-state index < -0.39 is 4.92 Å². The van der Waals surface area contributed by atoms with Crippen molar-refractivity contribution in [3.63, 3.8) is 0 Å². The number of anilines is 1. The zero-order valence-electron chi connectivity index (χ0n) is 12.1. The van der Waals surface area contributed by atoms with Gasteiger partial charge < -0.3 is 15.4 Å². The summed E-state index contributed by atoms with van der Waals surface area (Å²) >= 11 is 5.19. The average molecular weight is 321 g/mol. The largest absolute Gasteiger partial charge is 0.494 e. The van der Waals surface area contributed by atoms with Crippen LogP contribution in [0.4, 0.5) is 11.4 Å². The number of hydrogen-bond acceptors (Lipinski definition) is 5. The number of hydrogen-bond donors (Lipinski definition) is 2. The van der Waals surface area contributed by atoms with Crippen molar-refractivity contribution in [2.75, 3.05) is 12.4 Å². The summed E-state index contributed by atoms with van der Waals surface area (Å²) in [5, 5.41) is 21.3. The third-order valence-electron chi connectivity index (χ3n) is 2.84. The summed E-state index contributed by atoms with van der Waals surface area (Å²) in [6.07, 6.45) is 1.84. The topological polar surface area (TPSA) is 94.3 Å². The van der Waals surface area contributed by atoms with Gasteiger partial charge in [0.2, 0.25) is 0 Å². The maximum Gasteiger partial charge on any atom is 0.273 e. The second-order valence-electron chi connectivity index (χ2n) is 4.43. The summed E-state index contributed by atoms with van der Waals surface area (Å²) in [4.78, 5) is 10.3. The predicted molar refractivity (Wildman–Crippen MR) is 85.9 cm³/mol. The van der Waals surface area contributed by atoms with Crippen molar-refractivity contribution in [3.8, 4) is 5.75 Å². The minimum Gasteiger partial charge on any atom is -0.494 e. The first kappa shape index (κ1) is 15.7. The molecule has 0 fully saturated rings. The number of non-ortho nitro benzene ring substituents is 1. The van der Waals surface area contributed by atoms with E-state index in [-0.39, 0.29) is 5.69 Å². The molecule has 0 spiro atoms. The van der Waals surface area contributed by atoms with E-state index in [2.05, 4.69) is 15.7 Å². The van der Waals surface area contributed by atoms with Gasteiger partial charge in [-0.15, -0.1) is 0 Å². The summed E-state index contributed by atoms with van der Waals surface area (Å²) in [5.74, 6) is 0.344. The Labute approximate surface area is 132 Å². The van der Waals surface area contributed by atoms with Crippen LogP contribution in [-0.4, -0.2) is 26.9 Å². The number of aromatic nitrogens is 2. The van der Waals surface area contributed by atoms with E-state index in [1.54, 1.807) is 10.7 Å². The molecule has 9 heteroatoms. The van der Waals surface area contributed by atoms with Crippen LogP contribution in [0.3, 0.4) is 0 Å². The third kappa shape index (κ3) is 3.92. The number of benzene rings is 1. The van der Waals surface area contributed by atoms with E-state index in [4.69, 9.17) is 17.0 Å². The van der Waals surface area contributed by atoms with Gasteiger partial charge in [0.05, 0.1) is 36.0 Å². The Bertz CT molecular complexity index is 701. The lowest BCUT2D eigenvalue weighted by atomic mass is 10.2. The van der Waals surface area contributed by atoms with E-state index >= 15 is 0 Å². The number of aryl methyl sites for hydroxylation is 1. The molecule has 2 N–H and O–H groups in total. The second-order valence-corrected chi connectivity index (χ2v) is 4.84. The molecule has 0 aliphatic carbocycles. The van der Waals surface area contributed by atoms with E-state index in [0.717, 1.165) is 5.69 Å². The second kappa shape index (κ2) is 6.85. The smallest absolute Gasteiger partial charge is 0.273 e. The zero-order valence-corrected chi connectivity index (χ0v) is 12.9. The molecule has 0 saturated heterocycles. The van der Waals surface area contributed by atoms with Crippen molar-refractivity contribution in [2.45, 2.75) is 6.54 Å². The lowest BCUT2D eigenvalue weighted by molar-refractivity contribution is -0.384. The minimum absolute atomic E-state index is 0.0465. The number of thiocarbonyl (C=S) groups is 1. The van der Waals surface area contributed by atoms with Gasteiger partial charge in [0.25, 0.3) is 5.69 Å². The van der Waals surface area contributed by atoms with Crippen LogP contribution in [0, 0.1) is 10.1 Å². The predicted octanol–water partition coefficient (Wildman–Crippen LogP) is 1.82. The standard InChI is InChI=1S/C13H15N5O3S/c1-17-6-5-9(16-17)8-14-13(22)15-11-4-3-10(18(19)20)7-12(11)21-2/h3-7H,8H2,1-2H3,(H2,14,15,22). The molecule has 0 aliphatic rings. The van der Waals surface area contributed by atoms with Crippen LogP contribution in [-0.2, 0) is 13.6 Å². The van der Waals surface area contributed by atoms with Gasteiger partial charge in [-0.05, 0) is 24.4 Å². The van der Waals surface area contributed by atoms with Gasteiger partial charge in [-0.2, -0.15) is 5.10 Å². The van der Waals surface area contributed by atoms with Crippen LogP contribution in [0.5, 0.6) is 5.75 Å². The SMILES string of the molecule is COc1cc([N+](=O)[O-])ccc1NC(=S)NCc1ccn(C)n1. The molecule has 1 heterocycles. The number of methoxy groups -OCH3 is 1. The van der Waals surface area contributed by atoms with Crippen LogP contribution >= 0.6 is 12.2 Å². The molecular formula is C13H15N5O3S. The average Bonchev–Trinajstić information content (AvgIpc) is 2.91. The van der Waals surface area contributed by atoms with Gasteiger partial charge in [0.1, 0.15) is 5.75 Å². The molecule has 116 valence electrons. The van der Waals surface area contributed by atoms with Gasteiger partial charge in [-0.3, -0.25) is 14.8 Å². The molecular weight excluding hydrogens is 306 g/mol. The van der Waals surface area contributed by atoms with Crippen molar-refractivity contribution in [1.29, 1.82) is 0 Å². The molecule has 8 nitrogen and oxygen atoms in total. The Balaban J connectivity index is 2.00. The number of nitro groups is 1. The lowest BCUT2D eigenvalue weighted by Crippen LogP contribution is -2.28. The normalized spacial score (nSPS) is 10.1. The number of nitrogens with zero attached hydrogens (tertiary/aromatic N) is 3. The van der Waals surface area contributed by atoms with Crippen molar-refractivity contribution in [1.82, 2.24) is 15.1 Å². The molecule has 0 bridgehead atoms. The first-order valence-corrected chi connectivity index (χ1v) is 6.76. The third-order valence-corrected chi connectivity index (χ3v) is 3.09. The summed E-state index contributed by atoms with van der Waals surface area (Å²) in [6, 6.07) is 6.14. The number of nitro benzene ring substituents is 1. The Morgan fingerprint density at radius 3 is 2.86 bits per heavy atom. The highest BCUT2D eigenvalue weighted by Gasteiger charge is 2.12. The Kier molecular flexibility index (Phi) is 4.89. The highest BCUT2D eigenvalue weighted by atomic mass is 32.1. The van der Waals surface area contributed by atoms with Crippen LogP contribution in [0.25, 0.3) is 0 Å². The Morgan fingerprint density at radius 2 is 2.27 bits per heavy atom. The highest BCUT2D eigenvalue weighted by Crippen LogP contribution is 2.28. The van der Waals surface area contributed by atoms with Gasteiger partial charge >= 0.3 is 0 Å².